The normalized spacial score (nSPS) is 10.7. The highest BCUT2D eigenvalue weighted by Gasteiger charge is 2.09. The number of aryl methyl sites for hydroxylation is 1. The van der Waals surface area contributed by atoms with E-state index < -0.39 is 0 Å². The van der Waals surface area contributed by atoms with Crippen molar-refractivity contribution in [2.75, 3.05) is 0 Å². The van der Waals surface area contributed by atoms with Crippen LogP contribution in [-0.4, -0.2) is 4.98 Å². The zero-order chi connectivity index (χ0) is 9.97. The highest BCUT2D eigenvalue weighted by molar-refractivity contribution is 6.16. The lowest BCUT2D eigenvalue weighted by molar-refractivity contribution is 0.479. The molecule has 2 heterocycles. The molecular weight excluding hydrogens is 202 g/mol. The van der Waals surface area contributed by atoms with Crippen molar-refractivity contribution in [3.05, 3.63) is 30.0 Å². The molecule has 0 spiro atoms. The average molecular weight is 212 g/mol. The molecule has 0 aromatic carbocycles. The summed E-state index contributed by atoms with van der Waals surface area (Å²) in [6.07, 6.45) is 2.49. The van der Waals surface area contributed by atoms with Crippen molar-refractivity contribution >= 4 is 11.6 Å². The molecule has 14 heavy (non-hydrogen) atoms. The van der Waals surface area contributed by atoms with Gasteiger partial charge in [-0.1, -0.05) is 6.92 Å². The van der Waals surface area contributed by atoms with Gasteiger partial charge in [0.2, 0.25) is 5.89 Å². The van der Waals surface area contributed by atoms with Gasteiger partial charge >= 0.3 is 0 Å². The van der Waals surface area contributed by atoms with Crippen LogP contribution in [0.2, 0.25) is 0 Å². The summed E-state index contributed by atoms with van der Waals surface area (Å²) in [5, 5.41) is 0. The van der Waals surface area contributed by atoms with Gasteiger partial charge in [0.15, 0.2) is 11.5 Å². The van der Waals surface area contributed by atoms with Crippen LogP contribution in [-0.2, 0) is 12.3 Å². The van der Waals surface area contributed by atoms with Gasteiger partial charge in [-0.25, -0.2) is 4.98 Å². The fraction of sp³-hybridized carbons (Fsp3) is 0.300. The van der Waals surface area contributed by atoms with Crippen molar-refractivity contribution in [3.63, 3.8) is 0 Å². The molecule has 0 saturated heterocycles. The molecule has 0 N–H and O–H groups in total. The van der Waals surface area contributed by atoms with Crippen LogP contribution in [0.3, 0.4) is 0 Å². The van der Waals surface area contributed by atoms with Gasteiger partial charge in [0.05, 0.1) is 12.1 Å². The van der Waals surface area contributed by atoms with Crippen LogP contribution in [0.1, 0.15) is 18.6 Å². The van der Waals surface area contributed by atoms with E-state index in [1.54, 1.807) is 6.20 Å². The van der Waals surface area contributed by atoms with E-state index in [4.69, 9.17) is 20.4 Å². The number of rotatable bonds is 3. The Balaban J connectivity index is 2.29. The Bertz CT molecular complexity index is 379. The van der Waals surface area contributed by atoms with Gasteiger partial charge in [-0.3, -0.25) is 0 Å². The maximum atomic E-state index is 5.57. The van der Waals surface area contributed by atoms with E-state index in [-0.39, 0.29) is 5.88 Å². The number of hydrogen-bond donors (Lipinski definition) is 0. The van der Waals surface area contributed by atoms with Gasteiger partial charge in [0, 0.05) is 6.42 Å². The van der Waals surface area contributed by atoms with Crippen molar-refractivity contribution in [1.29, 1.82) is 0 Å². The molecule has 2 aromatic rings. The molecule has 0 aliphatic heterocycles. The van der Waals surface area contributed by atoms with Crippen molar-refractivity contribution in [2.24, 2.45) is 0 Å². The van der Waals surface area contributed by atoms with Gasteiger partial charge in [-0.15, -0.1) is 11.6 Å². The third-order valence-corrected chi connectivity index (χ3v) is 2.15. The number of aromatic nitrogens is 1. The maximum absolute atomic E-state index is 5.57. The van der Waals surface area contributed by atoms with Gasteiger partial charge in [-0.2, -0.15) is 0 Å². The largest absolute Gasteiger partial charge is 0.458 e. The highest BCUT2D eigenvalue weighted by atomic mass is 35.5. The molecule has 0 radical (unpaired) electrons. The predicted octanol–water partition coefficient (Wildman–Crippen LogP) is 3.24. The van der Waals surface area contributed by atoms with Crippen LogP contribution in [0, 0.1) is 0 Å². The summed E-state index contributed by atoms with van der Waals surface area (Å²) < 4.78 is 10.8. The van der Waals surface area contributed by atoms with E-state index in [1.807, 2.05) is 19.1 Å². The first-order chi connectivity index (χ1) is 6.83. The predicted molar refractivity (Wildman–Crippen MR) is 53.1 cm³/mol. The summed E-state index contributed by atoms with van der Waals surface area (Å²) in [4.78, 5) is 3.99. The summed E-state index contributed by atoms with van der Waals surface area (Å²) in [6.45, 7) is 2.03. The van der Waals surface area contributed by atoms with Gasteiger partial charge < -0.3 is 8.83 Å². The number of halogens is 1. The highest BCUT2D eigenvalue weighted by Crippen LogP contribution is 2.23. The number of hydrogen-bond acceptors (Lipinski definition) is 3. The second-order valence-electron chi connectivity index (χ2n) is 2.87. The lowest BCUT2D eigenvalue weighted by Crippen LogP contribution is -1.71. The number of furan rings is 1. The van der Waals surface area contributed by atoms with Crippen LogP contribution in [0.15, 0.2) is 27.2 Å². The van der Waals surface area contributed by atoms with Crippen LogP contribution in [0.5, 0.6) is 0 Å². The first kappa shape index (κ1) is 9.34. The summed E-state index contributed by atoms with van der Waals surface area (Å²) in [5.74, 6) is 3.05. The molecule has 74 valence electrons. The topological polar surface area (TPSA) is 39.2 Å². The zero-order valence-corrected chi connectivity index (χ0v) is 8.54. The fourth-order valence-electron chi connectivity index (χ4n) is 1.19. The molecule has 2 rings (SSSR count). The molecule has 0 unspecified atom stereocenters. The smallest absolute Gasteiger partial charge is 0.210 e. The zero-order valence-electron chi connectivity index (χ0n) is 7.79. The van der Waals surface area contributed by atoms with Gasteiger partial charge in [0.1, 0.15) is 5.76 Å². The third-order valence-electron chi connectivity index (χ3n) is 1.92. The molecule has 0 amide bonds. The molecule has 4 heteroatoms. The molecule has 0 bridgehead atoms. The number of nitrogens with zero attached hydrogens (tertiary/aromatic N) is 1. The molecule has 0 atom stereocenters. The Hall–Kier alpha value is -1.22. The Morgan fingerprint density at radius 3 is 2.71 bits per heavy atom. The van der Waals surface area contributed by atoms with Crippen LogP contribution >= 0.6 is 11.6 Å². The van der Waals surface area contributed by atoms with Crippen molar-refractivity contribution in [1.82, 2.24) is 4.98 Å². The number of oxazole rings is 1. The first-order valence-corrected chi connectivity index (χ1v) is 4.96. The monoisotopic (exact) mass is 211 g/mol. The van der Waals surface area contributed by atoms with E-state index in [0.717, 1.165) is 12.2 Å². The van der Waals surface area contributed by atoms with Crippen LogP contribution < -0.4 is 0 Å². The molecule has 0 aliphatic rings. The second kappa shape index (κ2) is 3.88. The first-order valence-electron chi connectivity index (χ1n) is 4.43. The van der Waals surface area contributed by atoms with Crippen molar-refractivity contribution in [2.45, 2.75) is 19.2 Å². The maximum Gasteiger partial charge on any atom is 0.210 e. The minimum atomic E-state index is 0.279. The van der Waals surface area contributed by atoms with E-state index in [2.05, 4.69) is 4.98 Å². The third kappa shape index (κ3) is 1.68. The Morgan fingerprint density at radius 1 is 1.29 bits per heavy atom. The van der Waals surface area contributed by atoms with Crippen molar-refractivity contribution < 1.29 is 8.83 Å². The molecule has 3 nitrogen and oxygen atoms in total. The molecular formula is C10H10ClNO2. The van der Waals surface area contributed by atoms with Gasteiger partial charge in [-0.05, 0) is 12.1 Å². The second-order valence-corrected chi connectivity index (χ2v) is 3.14. The van der Waals surface area contributed by atoms with Crippen LogP contribution in [0.4, 0.5) is 0 Å². The molecule has 0 aliphatic carbocycles. The van der Waals surface area contributed by atoms with E-state index in [9.17, 15) is 0 Å². The molecule has 2 aromatic heterocycles. The standard InChI is InChI=1S/C10H10ClNO2/c1-2-7-3-4-8(13-7)9-6-12-10(5-11)14-9/h3-4,6H,2,5H2,1H3. The number of alkyl halides is 1. The Morgan fingerprint density at radius 2 is 2.14 bits per heavy atom. The van der Waals surface area contributed by atoms with E-state index >= 15 is 0 Å². The minimum absolute atomic E-state index is 0.279. The van der Waals surface area contributed by atoms with E-state index in [1.165, 1.54) is 0 Å². The fourth-order valence-corrected chi connectivity index (χ4v) is 1.31. The van der Waals surface area contributed by atoms with E-state index in [0.29, 0.717) is 17.4 Å². The lowest BCUT2D eigenvalue weighted by atomic mass is 10.3. The summed E-state index contributed by atoms with van der Waals surface area (Å²) >= 11 is 5.57. The molecule has 0 fully saturated rings. The van der Waals surface area contributed by atoms with Crippen LogP contribution in [0.25, 0.3) is 11.5 Å². The summed E-state index contributed by atoms with van der Waals surface area (Å²) in [6, 6.07) is 3.80. The Kier molecular flexibility index (Phi) is 2.59. The SMILES string of the molecule is CCc1ccc(-c2cnc(CCl)o2)o1. The summed E-state index contributed by atoms with van der Waals surface area (Å²) in [5.41, 5.74) is 0. The summed E-state index contributed by atoms with van der Waals surface area (Å²) in [7, 11) is 0. The van der Waals surface area contributed by atoms with Crippen molar-refractivity contribution in [3.8, 4) is 11.5 Å². The Labute approximate surface area is 86.7 Å². The lowest BCUT2D eigenvalue weighted by Gasteiger charge is -1.89. The van der Waals surface area contributed by atoms with Gasteiger partial charge in [0.25, 0.3) is 0 Å². The average Bonchev–Trinajstić information content (AvgIpc) is 2.86. The minimum Gasteiger partial charge on any atom is -0.458 e. The quantitative estimate of drug-likeness (QED) is 0.732. The molecule has 0 saturated carbocycles.